The van der Waals surface area contributed by atoms with E-state index in [1.54, 1.807) is 0 Å². The normalized spacial score (nSPS) is 10.9. The van der Waals surface area contributed by atoms with Gasteiger partial charge in [0.2, 0.25) is 0 Å². The zero-order chi connectivity index (χ0) is 13.4. The maximum atomic E-state index is 6.10. The van der Waals surface area contributed by atoms with Crippen LogP contribution in [-0.4, -0.2) is 18.1 Å². The number of rotatable bonds is 8. The molecule has 4 heteroatoms. The van der Waals surface area contributed by atoms with Gasteiger partial charge >= 0.3 is 0 Å². The molecular weight excluding hydrogens is 248 g/mol. The van der Waals surface area contributed by atoms with Crippen molar-refractivity contribution in [3.05, 3.63) is 22.8 Å². The molecule has 0 unspecified atom stereocenters. The molecule has 18 heavy (non-hydrogen) atoms. The molecule has 1 aromatic rings. The van der Waals surface area contributed by atoms with Gasteiger partial charge in [0, 0.05) is 13.2 Å². The predicted octanol–water partition coefficient (Wildman–Crippen LogP) is 4.12. The van der Waals surface area contributed by atoms with Crippen LogP contribution in [0.4, 0.5) is 5.82 Å². The molecule has 0 amide bonds. The average Bonchev–Trinajstić information content (AvgIpc) is 2.34. The van der Waals surface area contributed by atoms with Gasteiger partial charge in [0.1, 0.15) is 5.82 Å². The van der Waals surface area contributed by atoms with Gasteiger partial charge in [0.15, 0.2) is 0 Å². The van der Waals surface area contributed by atoms with Gasteiger partial charge < -0.3 is 10.1 Å². The first-order valence-corrected chi connectivity index (χ1v) is 6.98. The van der Waals surface area contributed by atoms with Gasteiger partial charge in [-0.2, -0.15) is 0 Å². The summed E-state index contributed by atoms with van der Waals surface area (Å²) in [6.07, 6.45) is 2.13. The summed E-state index contributed by atoms with van der Waals surface area (Å²) in [5, 5.41) is 3.91. The average molecular weight is 271 g/mol. The van der Waals surface area contributed by atoms with Gasteiger partial charge in [-0.15, -0.1) is 0 Å². The van der Waals surface area contributed by atoms with Crippen LogP contribution in [0.2, 0.25) is 5.02 Å². The molecule has 0 aliphatic heterocycles. The van der Waals surface area contributed by atoms with Crippen molar-refractivity contribution in [2.24, 2.45) is 5.92 Å². The van der Waals surface area contributed by atoms with Crippen LogP contribution in [0.1, 0.15) is 39.3 Å². The summed E-state index contributed by atoms with van der Waals surface area (Å²) >= 11 is 6.10. The van der Waals surface area contributed by atoms with Crippen LogP contribution in [0.25, 0.3) is 0 Å². The van der Waals surface area contributed by atoms with E-state index in [0.29, 0.717) is 17.5 Å². The molecule has 0 atom stereocenters. The first-order chi connectivity index (χ1) is 8.63. The fourth-order valence-corrected chi connectivity index (χ4v) is 1.58. The fraction of sp³-hybridized carbons (Fsp3) is 0.643. The summed E-state index contributed by atoms with van der Waals surface area (Å²) < 4.78 is 5.60. The van der Waals surface area contributed by atoms with E-state index >= 15 is 0 Å². The molecular formula is C14H23ClN2O. The van der Waals surface area contributed by atoms with Crippen molar-refractivity contribution in [2.75, 3.05) is 18.5 Å². The minimum Gasteiger partial charge on any atom is -0.375 e. The molecule has 0 saturated carbocycles. The number of pyridine rings is 1. The lowest BCUT2D eigenvalue weighted by molar-refractivity contribution is 0.108. The molecule has 0 aliphatic rings. The second-order valence-electron chi connectivity index (χ2n) is 4.79. The second kappa shape index (κ2) is 8.33. The Balaban J connectivity index is 2.47. The summed E-state index contributed by atoms with van der Waals surface area (Å²) in [5.74, 6) is 1.52. The van der Waals surface area contributed by atoms with Crippen LogP contribution in [-0.2, 0) is 11.3 Å². The van der Waals surface area contributed by atoms with Gasteiger partial charge in [-0.3, -0.25) is 0 Å². The van der Waals surface area contributed by atoms with E-state index < -0.39 is 0 Å². The Hall–Kier alpha value is -0.800. The Kier molecular flexibility index (Phi) is 7.06. The molecule has 0 bridgehead atoms. The smallest absolute Gasteiger partial charge is 0.126 e. The fourth-order valence-electron chi connectivity index (χ4n) is 1.42. The van der Waals surface area contributed by atoms with Crippen LogP contribution in [0.5, 0.6) is 0 Å². The zero-order valence-corrected chi connectivity index (χ0v) is 12.3. The summed E-state index contributed by atoms with van der Waals surface area (Å²) in [4.78, 5) is 4.46. The van der Waals surface area contributed by atoms with Crippen molar-refractivity contribution in [1.29, 1.82) is 0 Å². The van der Waals surface area contributed by atoms with E-state index in [0.717, 1.165) is 37.5 Å². The monoisotopic (exact) mass is 270 g/mol. The van der Waals surface area contributed by atoms with E-state index in [4.69, 9.17) is 16.3 Å². The molecule has 1 aromatic heterocycles. The lowest BCUT2D eigenvalue weighted by Crippen LogP contribution is -2.05. The number of halogens is 1. The Morgan fingerprint density at radius 2 is 2.17 bits per heavy atom. The maximum Gasteiger partial charge on any atom is 0.126 e. The van der Waals surface area contributed by atoms with Gasteiger partial charge in [-0.1, -0.05) is 32.4 Å². The molecule has 0 radical (unpaired) electrons. The standard InChI is InChI=1S/C14H23ClN2O/c1-4-8-16-14-6-5-12(15)13(17-14)10-18-9-7-11(2)3/h5-6,11H,4,7-10H2,1-3H3,(H,16,17). The molecule has 102 valence electrons. The van der Waals surface area contributed by atoms with Crippen molar-refractivity contribution in [1.82, 2.24) is 4.98 Å². The summed E-state index contributed by atoms with van der Waals surface area (Å²) in [5.41, 5.74) is 0.807. The summed E-state index contributed by atoms with van der Waals surface area (Å²) in [6.45, 7) is 8.64. The second-order valence-corrected chi connectivity index (χ2v) is 5.19. The highest BCUT2D eigenvalue weighted by atomic mass is 35.5. The first kappa shape index (κ1) is 15.3. The van der Waals surface area contributed by atoms with Crippen LogP contribution < -0.4 is 5.32 Å². The van der Waals surface area contributed by atoms with Gasteiger partial charge in [0.25, 0.3) is 0 Å². The maximum absolute atomic E-state index is 6.10. The molecule has 1 N–H and O–H groups in total. The first-order valence-electron chi connectivity index (χ1n) is 6.60. The van der Waals surface area contributed by atoms with Crippen LogP contribution in [0, 0.1) is 5.92 Å². The number of anilines is 1. The van der Waals surface area contributed by atoms with E-state index in [9.17, 15) is 0 Å². The minimum atomic E-state index is 0.479. The Morgan fingerprint density at radius 1 is 1.39 bits per heavy atom. The lowest BCUT2D eigenvalue weighted by Gasteiger charge is -2.09. The highest BCUT2D eigenvalue weighted by Crippen LogP contribution is 2.17. The van der Waals surface area contributed by atoms with E-state index in [2.05, 4.69) is 31.1 Å². The molecule has 0 spiro atoms. The van der Waals surface area contributed by atoms with Crippen molar-refractivity contribution < 1.29 is 4.74 Å². The van der Waals surface area contributed by atoms with E-state index in [1.807, 2.05) is 12.1 Å². The molecule has 0 aliphatic carbocycles. The number of nitrogens with one attached hydrogen (secondary N) is 1. The number of hydrogen-bond donors (Lipinski definition) is 1. The van der Waals surface area contributed by atoms with Crippen LogP contribution >= 0.6 is 11.6 Å². The molecule has 1 rings (SSSR count). The number of ether oxygens (including phenoxy) is 1. The number of nitrogens with zero attached hydrogens (tertiary/aromatic N) is 1. The lowest BCUT2D eigenvalue weighted by atomic mass is 10.1. The van der Waals surface area contributed by atoms with Crippen LogP contribution in [0.15, 0.2) is 12.1 Å². The topological polar surface area (TPSA) is 34.1 Å². The third kappa shape index (κ3) is 5.69. The third-order valence-corrected chi connectivity index (χ3v) is 2.90. The third-order valence-electron chi connectivity index (χ3n) is 2.55. The minimum absolute atomic E-state index is 0.479. The van der Waals surface area contributed by atoms with Gasteiger partial charge in [0.05, 0.1) is 17.3 Å². The Labute approximate surface area is 115 Å². The molecule has 3 nitrogen and oxygen atoms in total. The Bertz CT molecular complexity index is 356. The SMILES string of the molecule is CCCNc1ccc(Cl)c(COCCC(C)C)n1. The zero-order valence-electron chi connectivity index (χ0n) is 11.5. The van der Waals surface area contributed by atoms with E-state index in [-0.39, 0.29) is 0 Å². The highest BCUT2D eigenvalue weighted by molar-refractivity contribution is 6.31. The number of hydrogen-bond acceptors (Lipinski definition) is 3. The number of aromatic nitrogens is 1. The van der Waals surface area contributed by atoms with Gasteiger partial charge in [-0.25, -0.2) is 4.98 Å². The van der Waals surface area contributed by atoms with Crippen molar-refractivity contribution in [2.45, 2.75) is 40.2 Å². The summed E-state index contributed by atoms with van der Waals surface area (Å²) in [6, 6.07) is 3.77. The van der Waals surface area contributed by atoms with Crippen molar-refractivity contribution in [3.63, 3.8) is 0 Å². The highest BCUT2D eigenvalue weighted by Gasteiger charge is 2.04. The molecule has 0 fully saturated rings. The van der Waals surface area contributed by atoms with Crippen molar-refractivity contribution >= 4 is 17.4 Å². The van der Waals surface area contributed by atoms with Crippen LogP contribution in [0.3, 0.4) is 0 Å². The Morgan fingerprint density at radius 3 is 2.83 bits per heavy atom. The molecule has 1 heterocycles. The van der Waals surface area contributed by atoms with Crippen molar-refractivity contribution in [3.8, 4) is 0 Å². The molecule has 0 aromatic carbocycles. The van der Waals surface area contributed by atoms with E-state index in [1.165, 1.54) is 0 Å². The molecule has 0 saturated heterocycles. The van der Waals surface area contributed by atoms with Gasteiger partial charge in [-0.05, 0) is 30.9 Å². The predicted molar refractivity (Wildman–Crippen MR) is 77.1 cm³/mol. The quantitative estimate of drug-likeness (QED) is 0.722. The summed E-state index contributed by atoms with van der Waals surface area (Å²) in [7, 11) is 0. The largest absolute Gasteiger partial charge is 0.375 e.